The first kappa shape index (κ1) is 20.4. The fraction of sp³-hybridized carbons (Fsp3) is 0.429. The molecule has 0 bridgehead atoms. The average molecular weight is 403 g/mol. The number of rotatable bonds is 7. The molecule has 7 heteroatoms. The van der Waals surface area contributed by atoms with Crippen molar-refractivity contribution in [2.45, 2.75) is 26.3 Å². The van der Waals surface area contributed by atoms with Crippen molar-refractivity contribution < 1.29 is 9.53 Å². The van der Waals surface area contributed by atoms with Gasteiger partial charge >= 0.3 is 0 Å². The SMILES string of the molecule is CC[C@@H](CNc1ccc(Cl)cn1)NC(=O)c1cc(C)ccc1N1CCOCC1. The van der Waals surface area contributed by atoms with Crippen molar-refractivity contribution in [2.75, 3.05) is 43.1 Å². The van der Waals surface area contributed by atoms with Gasteiger partial charge in [-0.25, -0.2) is 4.98 Å². The van der Waals surface area contributed by atoms with Gasteiger partial charge in [0.2, 0.25) is 0 Å². The molecule has 28 heavy (non-hydrogen) atoms. The number of aryl methyl sites for hydroxylation is 1. The van der Waals surface area contributed by atoms with Gasteiger partial charge in [-0.15, -0.1) is 0 Å². The second-order valence-corrected chi connectivity index (χ2v) is 7.38. The first-order chi connectivity index (χ1) is 13.6. The summed E-state index contributed by atoms with van der Waals surface area (Å²) in [6.45, 7) is 7.62. The number of aromatic nitrogens is 1. The molecule has 1 aromatic heterocycles. The van der Waals surface area contributed by atoms with E-state index in [0.29, 0.717) is 30.3 Å². The summed E-state index contributed by atoms with van der Waals surface area (Å²) in [4.78, 5) is 19.5. The highest BCUT2D eigenvalue weighted by atomic mass is 35.5. The summed E-state index contributed by atoms with van der Waals surface area (Å²) in [5, 5.41) is 7.01. The predicted molar refractivity (Wildman–Crippen MR) is 113 cm³/mol. The molecule has 2 N–H and O–H groups in total. The highest BCUT2D eigenvalue weighted by molar-refractivity contribution is 6.30. The maximum Gasteiger partial charge on any atom is 0.253 e. The smallest absolute Gasteiger partial charge is 0.253 e. The van der Waals surface area contributed by atoms with Crippen LogP contribution in [0.1, 0.15) is 29.3 Å². The van der Waals surface area contributed by atoms with Gasteiger partial charge in [-0.2, -0.15) is 0 Å². The molecule has 0 saturated carbocycles. The largest absolute Gasteiger partial charge is 0.378 e. The lowest BCUT2D eigenvalue weighted by Crippen LogP contribution is -2.41. The normalized spacial score (nSPS) is 15.2. The van der Waals surface area contributed by atoms with Crippen LogP contribution in [0.2, 0.25) is 5.02 Å². The average Bonchev–Trinajstić information content (AvgIpc) is 2.72. The van der Waals surface area contributed by atoms with E-state index >= 15 is 0 Å². The Labute approximate surface area is 171 Å². The number of carbonyl (C=O) groups is 1. The molecule has 3 rings (SSSR count). The summed E-state index contributed by atoms with van der Waals surface area (Å²) in [7, 11) is 0. The fourth-order valence-corrected chi connectivity index (χ4v) is 3.29. The zero-order valence-electron chi connectivity index (χ0n) is 16.4. The Bertz CT molecular complexity index is 791. The van der Waals surface area contributed by atoms with Crippen LogP contribution in [-0.2, 0) is 4.74 Å². The van der Waals surface area contributed by atoms with E-state index in [9.17, 15) is 4.79 Å². The number of benzene rings is 1. The second-order valence-electron chi connectivity index (χ2n) is 6.94. The van der Waals surface area contributed by atoms with Crippen LogP contribution in [0.15, 0.2) is 36.5 Å². The first-order valence-corrected chi connectivity index (χ1v) is 10.0. The van der Waals surface area contributed by atoms with Crippen LogP contribution in [0.3, 0.4) is 0 Å². The lowest BCUT2D eigenvalue weighted by molar-refractivity contribution is 0.0936. The molecule has 1 amide bonds. The number of anilines is 2. The van der Waals surface area contributed by atoms with Crippen molar-refractivity contribution >= 4 is 29.0 Å². The quantitative estimate of drug-likeness (QED) is 0.742. The molecular weight excluding hydrogens is 376 g/mol. The first-order valence-electron chi connectivity index (χ1n) is 9.66. The summed E-state index contributed by atoms with van der Waals surface area (Å²) in [5.74, 6) is 0.685. The number of hydrogen-bond donors (Lipinski definition) is 2. The summed E-state index contributed by atoms with van der Waals surface area (Å²) < 4.78 is 5.44. The van der Waals surface area contributed by atoms with E-state index in [1.807, 2.05) is 31.2 Å². The zero-order valence-corrected chi connectivity index (χ0v) is 17.1. The van der Waals surface area contributed by atoms with Crippen molar-refractivity contribution in [3.05, 3.63) is 52.7 Å². The Morgan fingerprint density at radius 1 is 1.29 bits per heavy atom. The van der Waals surface area contributed by atoms with Crippen LogP contribution in [0.5, 0.6) is 0 Å². The molecule has 1 fully saturated rings. The van der Waals surface area contributed by atoms with Crippen LogP contribution in [0.4, 0.5) is 11.5 Å². The van der Waals surface area contributed by atoms with E-state index in [1.54, 1.807) is 12.3 Å². The van der Waals surface area contributed by atoms with Gasteiger partial charge in [0.25, 0.3) is 5.91 Å². The van der Waals surface area contributed by atoms with Crippen molar-refractivity contribution in [2.24, 2.45) is 0 Å². The number of amides is 1. The van der Waals surface area contributed by atoms with Gasteiger partial charge in [-0.3, -0.25) is 4.79 Å². The third kappa shape index (κ3) is 5.36. The van der Waals surface area contributed by atoms with E-state index < -0.39 is 0 Å². The van der Waals surface area contributed by atoms with Crippen molar-refractivity contribution in [1.82, 2.24) is 10.3 Å². The molecule has 0 unspecified atom stereocenters. The number of nitrogens with zero attached hydrogens (tertiary/aromatic N) is 2. The van der Waals surface area contributed by atoms with Crippen LogP contribution in [0.25, 0.3) is 0 Å². The monoisotopic (exact) mass is 402 g/mol. The third-order valence-electron chi connectivity index (χ3n) is 4.83. The molecule has 1 aromatic carbocycles. The highest BCUT2D eigenvalue weighted by Crippen LogP contribution is 2.23. The lowest BCUT2D eigenvalue weighted by atomic mass is 10.1. The van der Waals surface area contributed by atoms with Gasteiger partial charge in [0.05, 0.1) is 23.8 Å². The van der Waals surface area contributed by atoms with Crippen LogP contribution in [0, 0.1) is 6.92 Å². The molecular formula is C21H27ClN4O2. The molecule has 1 saturated heterocycles. The number of morpholine rings is 1. The minimum atomic E-state index is -0.0529. The lowest BCUT2D eigenvalue weighted by Gasteiger charge is -2.31. The molecule has 2 heterocycles. The third-order valence-corrected chi connectivity index (χ3v) is 5.06. The number of halogens is 1. The molecule has 2 aromatic rings. The highest BCUT2D eigenvalue weighted by Gasteiger charge is 2.20. The molecule has 150 valence electrons. The van der Waals surface area contributed by atoms with Crippen molar-refractivity contribution in [3.8, 4) is 0 Å². The van der Waals surface area contributed by atoms with Gasteiger partial charge in [0.1, 0.15) is 5.82 Å². The summed E-state index contributed by atoms with van der Waals surface area (Å²) >= 11 is 5.87. The van der Waals surface area contributed by atoms with Gasteiger partial charge in [0, 0.05) is 37.6 Å². The summed E-state index contributed by atoms with van der Waals surface area (Å²) in [6.07, 6.45) is 2.41. The Hall–Kier alpha value is -2.31. The molecule has 0 spiro atoms. The molecule has 0 aliphatic carbocycles. The number of carbonyl (C=O) groups excluding carboxylic acids is 1. The fourth-order valence-electron chi connectivity index (χ4n) is 3.18. The Morgan fingerprint density at radius 2 is 2.07 bits per heavy atom. The topological polar surface area (TPSA) is 66.5 Å². The minimum absolute atomic E-state index is 0.0111. The summed E-state index contributed by atoms with van der Waals surface area (Å²) in [5.41, 5.74) is 2.75. The molecule has 1 atom stereocenters. The van der Waals surface area contributed by atoms with Gasteiger partial charge in [-0.1, -0.05) is 30.2 Å². The van der Waals surface area contributed by atoms with Gasteiger partial charge in [-0.05, 0) is 37.6 Å². The molecule has 6 nitrogen and oxygen atoms in total. The Morgan fingerprint density at radius 3 is 2.75 bits per heavy atom. The van der Waals surface area contributed by atoms with E-state index in [-0.39, 0.29) is 11.9 Å². The van der Waals surface area contributed by atoms with E-state index in [2.05, 4.69) is 27.4 Å². The van der Waals surface area contributed by atoms with Crippen LogP contribution >= 0.6 is 11.6 Å². The zero-order chi connectivity index (χ0) is 19.9. The minimum Gasteiger partial charge on any atom is -0.378 e. The second kappa shape index (κ2) is 9.75. The molecule has 0 radical (unpaired) electrons. The molecule has 1 aliphatic heterocycles. The van der Waals surface area contributed by atoms with Crippen molar-refractivity contribution in [3.63, 3.8) is 0 Å². The standard InChI is InChI=1S/C21H27ClN4O2/c1-3-17(14-24-20-7-5-16(22)13-23-20)25-21(27)18-12-15(2)4-6-19(18)26-8-10-28-11-9-26/h4-7,12-13,17H,3,8-11,14H2,1-2H3,(H,23,24)(H,25,27)/t17-/m0/s1. The number of hydrogen-bond acceptors (Lipinski definition) is 5. The van der Waals surface area contributed by atoms with E-state index in [4.69, 9.17) is 16.3 Å². The van der Waals surface area contributed by atoms with Crippen molar-refractivity contribution in [1.29, 1.82) is 0 Å². The van der Waals surface area contributed by atoms with Crippen LogP contribution in [-0.4, -0.2) is 49.8 Å². The Kier molecular flexibility index (Phi) is 7.12. The Balaban J connectivity index is 1.68. The number of ether oxygens (including phenoxy) is 1. The van der Waals surface area contributed by atoms with Crippen LogP contribution < -0.4 is 15.5 Å². The maximum atomic E-state index is 13.1. The number of nitrogens with one attached hydrogen (secondary N) is 2. The van der Waals surface area contributed by atoms with Gasteiger partial charge in [0.15, 0.2) is 0 Å². The van der Waals surface area contributed by atoms with E-state index in [1.165, 1.54) is 0 Å². The van der Waals surface area contributed by atoms with Gasteiger partial charge < -0.3 is 20.3 Å². The number of pyridine rings is 1. The predicted octanol–water partition coefficient (Wildman–Crippen LogP) is 3.50. The summed E-state index contributed by atoms with van der Waals surface area (Å²) in [6, 6.07) is 9.65. The maximum absolute atomic E-state index is 13.1. The molecule has 1 aliphatic rings. The van der Waals surface area contributed by atoms with E-state index in [0.717, 1.165) is 36.6 Å².